The Balaban J connectivity index is 3.08. The van der Waals surface area contributed by atoms with Crippen molar-refractivity contribution in [3.63, 3.8) is 0 Å². The van der Waals surface area contributed by atoms with Crippen LogP contribution in [0.25, 0.3) is 6.08 Å². The van der Waals surface area contributed by atoms with Gasteiger partial charge in [-0.1, -0.05) is 6.07 Å². The predicted molar refractivity (Wildman–Crippen MR) is 51.6 cm³/mol. The first-order chi connectivity index (χ1) is 7.00. The number of carboxylic acids is 1. The summed E-state index contributed by atoms with van der Waals surface area (Å²) in [4.78, 5) is 21.0. The largest absolute Gasteiger partial charge is 0.478 e. The fraction of sp³-hybridized carbons (Fsp3) is 0. The maximum Gasteiger partial charge on any atom is 0.328 e. The molecule has 0 aliphatic rings. The van der Waals surface area contributed by atoms with Crippen molar-refractivity contribution in [3.05, 3.63) is 41.2 Å². The number of primary amides is 1. The van der Waals surface area contributed by atoms with Crippen LogP contribution in [0.5, 0.6) is 0 Å². The summed E-state index contributed by atoms with van der Waals surface area (Å²) in [7, 11) is 0. The lowest BCUT2D eigenvalue weighted by molar-refractivity contribution is -0.131. The van der Waals surface area contributed by atoms with E-state index in [1.54, 1.807) is 0 Å². The van der Waals surface area contributed by atoms with Crippen LogP contribution in [0, 0.1) is 5.82 Å². The maximum atomic E-state index is 13.0. The summed E-state index contributed by atoms with van der Waals surface area (Å²) in [6, 6.07) is 3.60. The van der Waals surface area contributed by atoms with Crippen molar-refractivity contribution in [3.8, 4) is 0 Å². The summed E-state index contributed by atoms with van der Waals surface area (Å²) in [6.07, 6.45) is 2.13. The number of amides is 1. The first kappa shape index (κ1) is 10.9. The quantitative estimate of drug-likeness (QED) is 0.729. The van der Waals surface area contributed by atoms with Gasteiger partial charge in [0.05, 0.1) is 5.56 Å². The summed E-state index contributed by atoms with van der Waals surface area (Å²) >= 11 is 0. The minimum atomic E-state index is -1.13. The summed E-state index contributed by atoms with van der Waals surface area (Å²) in [5.74, 6) is -2.74. The maximum absolute atomic E-state index is 13.0. The molecule has 0 aliphatic carbocycles. The average Bonchev–Trinajstić information content (AvgIpc) is 2.16. The minimum Gasteiger partial charge on any atom is -0.478 e. The second-order valence-electron chi connectivity index (χ2n) is 2.78. The van der Waals surface area contributed by atoms with Gasteiger partial charge in [0, 0.05) is 6.08 Å². The molecule has 0 bridgehead atoms. The van der Waals surface area contributed by atoms with Crippen molar-refractivity contribution in [2.75, 3.05) is 0 Å². The molecule has 15 heavy (non-hydrogen) atoms. The Bertz CT molecular complexity index is 440. The van der Waals surface area contributed by atoms with Gasteiger partial charge in [0.1, 0.15) is 5.82 Å². The smallest absolute Gasteiger partial charge is 0.328 e. The van der Waals surface area contributed by atoms with Gasteiger partial charge in [-0.25, -0.2) is 9.18 Å². The molecular weight excluding hydrogens is 201 g/mol. The molecule has 5 heteroatoms. The molecule has 0 radical (unpaired) electrons. The Morgan fingerprint density at radius 1 is 1.40 bits per heavy atom. The highest BCUT2D eigenvalue weighted by atomic mass is 19.1. The van der Waals surface area contributed by atoms with E-state index in [0.29, 0.717) is 5.56 Å². The van der Waals surface area contributed by atoms with Crippen LogP contribution in [0.15, 0.2) is 24.3 Å². The van der Waals surface area contributed by atoms with Crippen molar-refractivity contribution >= 4 is 18.0 Å². The number of carboxylic acid groups (broad SMARTS) is 1. The number of carbonyl (C=O) groups excluding carboxylic acids is 1. The van der Waals surface area contributed by atoms with Crippen molar-refractivity contribution in [1.82, 2.24) is 0 Å². The average molecular weight is 209 g/mol. The molecule has 1 amide bonds. The number of hydrogen-bond donors (Lipinski definition) is 2. The molecule has 0 unspecified atom stereocenters. The van der Waals surface area contributed by atoms with Crippen LogP contribution in [0.4, 0.5) is 4.39 Å². The third-order valence-corrected chi connectivity index (χ3v) is 1.67. The molecule has 0 aliphatic heterocycles. The van der Waals surface area contributed by atoms with Crippen molar-refractivity contribution in [1.29, 1.82) is 0 Å². The van der Waals surface area contributed by atoms with E-state index in [1.807, 2.05) is 0 Å². The molecule has 1 aromatic rings. The Morgan fingerprint density at radius 3 is 2.60 bits per heavy atom. The van der Waals surface area contributed by atoms with Crippen LogP contribution in [0.3, 0.4) is 0 Å². The van der Waals surface area contributed by atoms with Gasteiger partial charge in [-0.3, -0.25) is 4.79 Å². The first-order valence-electron chi connectivity index (χ1n) is 4.01. The lowest BCUT2D eigenvalue weighted by Crippen LogP contribution is -2.13. The third kappa shape index (κ3) is 2.91. The highest BCUT2D eigenvalue weighted by Gasteiger charge is 2.07. The normalized spacial score (nSPS) is 10.5. The van der Waals surface area contributed by atoms with E-state index < -0.39 is 17.7 Å². The lowest BCUT2D eigenvalue weighted by atomic mass is 10.1. The molecule has 0 atom stereocenters. The number of rotatable bonds is 3. The minimum absolute atomic E-state index is 0.262. The van der Waals surface area contributed by atoms with E-state index in [4.69, 9.17) is 10.8 Å². The van der Waals surface area contributed by atoms with E-state index >= 15 is 0 Å². The zero-order chi connectivity index (χ0) is 11.4. The summed E-state index contributed by atoms with van der Waals surface area (Å²) in [5, 5.41) is 8.36. The van der Waals surface area contributed by atoms with Crippen molar-refractivity contribution in [2.45, 2.75) is 0 Å². The second-order valence-corrected chi connectivity index (χ2v) is 2.78. The van der Waals surface area contributed by atoms with Gasteiger partial charge < -0.3 is 10.8 Å². The molecular formula is C10H8FNO3. The van der Waals surface area contributed by atoms with Crippen LogP contribution in [0.1, 0.15) is 15.9 Å². The second kappa shape index (κ2) is 4.36. The lowest BCUT2D eigenvalue weighted by Gasteiger charge is -1.99. The standard InChI is InChI=1S/C10H8FNO3/c11-8-3-1-6(2-4-9(13)14)5-7(8)10(12)15/h1-5H,(H2,12,15)(H,13,14). The van der Waals surface area contributed by atoms with Gasteiger partial charge in [0.15, 0.2) is 0 Å². The molecule has 1 rings (SSSR count). The van der Waals surface area contributed by atoms with Gasteiger partial charge in [-0.2, -0.15) is 0 Å². The van der Waals surface area contributed by atoms with Gasteiger partial charge >= 0.3 is 5.97 Å². The molecule has 3 N–H and O–H groups in total. The monoisotopic (exact) mass is 209 g/mol. The van der Waals surface area contributed by atoms with E-state index in [1.165, 1.54) is 18.2 Å². The number of hydrogen-bond acceptors (Lipinski definition) is 2. The Kier molecular flexibility index (Phi) is 3.17. The van der Waals surface area contributed by atoms with Gasteiger partial charge in [0.2, 0.25) is 0 Å². The molecule has 0 aromatic heterocycles. The third-order valence-electron chi connectivity index (χ3n) is 1.67. The highest BCUT2D eigenvalue weighted by molar-refractivity contribution is 5.94. The molecule has 4 nitrogen and oxygen atoms in total. The van der Waals surface area contributed by atoms with E-state index in [9.17, 15) is 14.0 Å². The number of nitrogens with two attached hydrogens (primary N) is 1. The fourth-order valence-corrected chi connectivity index (χ4v) is 1.00. The highest BCUT2D eigenvalue weighted by Crippen LogP contribution is 2.11. The van der Waals surface area contributed by atoms with E-state index in [0.717, 1.165) is 12.1 Å². The zero-order valence-corrected chi connectivity index (χ0v) is 7.61. The van der Waals surface area contributed by atoms with Crippen molar-refractivity contribution in [2.24, 2.45) is 5.73 Å². The number of aliphatic carboxylic acids is 1. The summed E-state index contributed by atoms with van der Waals surface area (Å²) in [6.45, 7) is 0. The Labute approximate surface area is 84.8 Å². The summed E-state index contributed by atoms with van der Waals surface area (Å²) in [5.41, 5.74) is 5.05. The SMILES string of the molecule is NC(=O)c1cc(C=CC(=O)O)ccc1F. The van der Waals surface area contributed by atoms with Crippen LogP contribution in [0.2, 0.25) is 0 Å². The molecule has 78 valence electrons. The van der Waals surface area contributed by atoms with Gasteiger partial charge in [-0.05, 0) is 23.8 Å². The summed E-state index contributed by atoms with van der Waals surface area (Å²) < 4.78 is 13.0. The molecule has 0 spiro atoms. The van der Waals surface area contributed by atoms with Crippen LogP contribution in [-0.2, 0) is 4.79 Å². The molecule has 0 heterocycles. The van der Waals surface area contributed by atoms with Crippen LogP contribution < -0.4 is 5.73 Å². The molecule has 0 saturated heterocycles. The number of halogens is 1. The number of benzene rings is 1. The topological polar surface area (TPSA) is 80.4 Å². The van der Waals surface area contributed by atoms with Crippen LogP contribution in [-0.4, -0.2) is 17.0 Å². The molecule has 0 saturated carbocycles. The molecule has 1 aromatic carbocycles. The van der Waals surface area contributed by atoms with Gasteiger partial charge in [-0.15, -0.1) is 0 Å². The zero-order valence-electron chi connectivity index (χ0n) is 7.61. The predicted octanol–water partition coefficient (Wildman–Crippen LogP) is 1.02. The molecule has 0 fully saturated rings. The Hall–Kier alpha value is -2.17. The van der Waals surface area contributed by atoms with Crippen molar-refractivity contribution < 1.29 is 19.1 Å². The first-order valence-corrected chi connectivity index (χ1v) is 4.01. The number of carbonyl (C=O) groups is 2. The fourth-order valence-electron chi connectivity index (χ4n) is 1.00. The van der Waals surface area contributed by atoms with Gasteiger partial charge in [0.25, 0.3) is 5.91 Å². The Morgan fingerprint density at radius 2 is 2.07 bits per heavy atom. The van der Waals surface area contributed by atoms with E-state index in [2.05, 4.69) is 0 Å². The van der Waals surface area contributed by atoms with Crippen LogP contribution >= 0.6 is 0 Å². The van der Waals surface area contributed by atoms with E-state index in [-0.39, 0.29) is 5.56 Å².